The van der Waals surface area contributed by atoms with Crippen LogP contribution >= 0.6 is 22.9 Å². The van der Waals surface area contributed by atoms with E-state index in [4.69, 9.17) is 16.3 Å². The molecule has 2 aromatic heterocycles. The first-order valence-electron chi connectivity index (χ1n) is 11.7. The summed E-state index contributed by atoms with van der Waals surface area (Å²) in [7, 11) is 0. The van der Waals surface area contributed by atoms with Gasteiger partial charge in [0.05, 0.1) is 6.61 Å². The topological polar surface area (TPSA) is 84.1 Å². The third-order valence-electron chi connectivity index (χ3n) is 5.87. The lowest BCUT2D eigenvalue weighted by Crippen LogP contribution is -2.16. The number of carbonyl (C=O) groups excluding carboxylic acids is 2. The predicted octanol–water partition coefficient (Wildman–Crippen LogP) is 7.34. The Morgan fingerprint density at radius 3 is 2.47 bits per heavy atom. The van der Waals surface area contributed by atoms with Gasteiger partial charge in [0.25, 0.3) is 5.91 Å². The number of amides is 1. The molecule has 9 heteroatoms. The predicted molar refractivity (Wildman–Crippen MR) is 148 cm³/mol. The molecular weight excluding hydrogens is 525 g/mol. The van der Waals surface area contributed by atoms with Crippen molar-refractivity contribution in [2.24, 2.45) is 0 Å². The molecule has 6 nitrogen and oxygen atoms in total. The van der Waals surface area contributed by atoms with Gasteiger partial charge in [-0.2, -0.15) is 5.26 Å². The number of aryl methyl sites for hydroxylation is 1. The lowest BCUT2D eigenvalue weighted by Gasteiger charge is -2.10. The second-order valence-electron chi connectivity index (χ2n) is 8.34. The highest BCUT2D eigenvalue weighted by molar-refractivity contribution is 7.15. The first kappa shape index (κ1) is 26.9. The highest BCUT2D eigenvalue weighted by atomic mass is 35.5. The highest BCUT2D eigenvalue weighted by Gasteiger charge is 2.24. The largest absolute Gasteiger partial charge is 0.462 e. The minimum Gasteiger partial charge on any atom is -0.462 e. The van der Waals surface area contributed by atoms with Crippen molar-refractivity contribution in [3.05, 3.63) is 98.9 Å². The Labute approximate surface area is 228 Å². The van der Waals surface area contributed by atoms with Crippen molar-refractivity contribution >= 4 is 45.9 Å². The van der Waals surface area contributed by atoms with E-state index < -0.39 is 17.7 Å². The fraction of sp³-hybridized carbons (Fsp3) is 0.138. The van der Waals surface area contributed by atoms with Crippen LogP contribution in [0.5, 0.6) is 0 Å². The van der Waals surface area contributed by atoms with Crippen LogP contribution in [0.25, 0.3) is 22.9 Å². The van der Waals surface area contributed by atoms with Gasteiger partial charge in [0.15, 0.2) is 0 Å². The highest BCUT2D eigenvalue weighted by Crippen LogP contribution is 2.36. The number of anilines is 1. The average molecular weight is 548 g/mol. The number of ether oxygens (including phenoxy) is 1. The summed E-state index contributed by atoms with van der Waals surface area (Å²) in [6, 6.07) is 16.9. The number of benzene rings is 2. The van der Waals surface area contributed by atoms with E-state index in [1.807, 2.05) is 42.7 Å². The van der Waals surface area contributed by atoms with Crippen molar-refractivity contribution in [1.82, 2.24) is 4.57 Å². The summed E-state index contributed by atoms with van der Waals surface area (Å²) < 4.78 is 20.7. The summed E-state index contributed by atoms with van der Waals surface area (Å²) >= 11 is 7.14. The van der Waals surface area contributed by atoms with E-state index in [1.54, 1.807) is 36.6 Å². The quantitative estimate of drug-likeness (QED) is 0.149. The molecule has 0 atom stereocenters. The minimum atomic E-state index is -0.665. The van der Waals surface area contributed by atoms with Gasteiger partial charge in [-0.1, -0.05) is 23.7 Å². The maximum atomic E-state index is 13.4. The Kier molecular flexibility index (Phi) is 8.10. The van der Waals surface area contributed by atoms with E-state index in [0.717, 1.165) is 28.4 Å². The molecule has 192 valence electrons. The molecule has 4 rings (SSSR count). The number of hydrogen-bond donors (Lipinski definition) is 1. The molecule has 2 heterocycles. The Morgan fingerprint density at radius 1 is 1.16 bits per heavy atom. The number of carbonyl (C=O) groups is 2. The molecule has 0 saturated carbocycles. The minimum absolute atomic E-state index is 0.132. The van der Waals surface area contributed by atoms with Crippen LogP contribution in [0.1, 0.15) is 34.2 Å². The number of aromatic nitrogens is 1. The van der Waals surface area contributed by atoms with Crippen LogP contribution in [0.4, 0.5) is 9.39 Å². The Bertz CT molecular complexity index is 1580. The standard InChI is InChI=1S/C29H23ClFN3O3S/c1-4-37-29(36)26-25(19-5-9-23(31)10-6-19)16-38-28(26)33-27(35)21(15-32)14-20-13-17(2)34(18(20)3)24-11-7-22(30)8-12-24/h5-14,16H,4H2,1-3H3,(H,33,35)/b21-14+. The van der Waals surface area contributed by atoms with Crippen LogP contribution in [-0.2, 0) is 9.53 Å². The number of halogens is 2. The number of thiophene rings is 1. The molecule has 0 bridgehead atoms. The van der Waals surface area contributed by atoms with Crippen molar-refractivity contribution in [1.29, 1.82) is 5.26 Å². The molecule has 4 aromatic rings. The van der Waals surface area contributed by atoms with Crippen LogP contribution in [0, 0.1) is 31.0 Å². The van der Waals surface area contributed by atoms with Gasteiger partial charge < -0.3 is 14.6 Å². The molecule has 0 aliphatic heterocycles. The van der Waals surface area contributed by atoms with Crippen LogP contribution in [0.3, 0.4) is 0 Å². The van der Waals surface area contributed by atoms with Gasteiger partial charge in [0.1, 0.15) is 28.0 Å². The zero-order chi connectivity index (χ0) is 27.4. The molecule has 1 N–H and O–H groups in total. The van der Waals surface area contributed by atoms with Crippen molar-refractivity contribution in [2.75, 3.05) is 11.9 Å². The SMILES string of the molecule is CCOC(=O)c1c(-c2ccc(F)cc2)csc1NC(=O)/C(C#N)=C/c1cc(C)n(-c2ccc(Cl)cc2)c1C. The lowest BCUT2D eigenvalue weighted by molar-refractivity contribution is -0.112. The molecule has 0 fully saturated rings. The van der Waals surface area contributed by atoms with Crippen LogP contribution < -0.4 is 5.32 Å². The third-order valence-corrected chi connectivity index (χ3v) is 7.02. The molecule has 38 heavy (non-hydrogen) atoms. The van der Waals surface area contributed by atoms with Crippen LogP contribution in [0.2, 0.25) is 5.02 Å². The first-order valence-corrected chi connectivity index (χ1v) is 12.9. The fourth-order valence-corrected chi connectivity index (χ4v) is 5.17. The van der Waals surface area contributed by atoms with E-state index in [9.17, 15) is 19.2 Å². The van der Waals surface area contributed by atoms with Gasteiger partial charge in [-0.05, 0) is 80.4 Å². The molecule has 0 aliphatic rings. The molecule has 0 saturated heterocycles. The fourth-order valence-electron chi connectivity index (χ4n) is 4.09. The molecule has 0 unspecified atom stereocenters. The summed E-state index contributed by atoms with van der Waals surface area (Å²) in [6.45, 7) is 5.64. The lowest BCUT2D eigenvalue weighted by atomic mass is 10.0. The van der Waals surface area contributed by atoms with Crippen molar-refractivity contribution in [3.63, 3.8) is 0 Å². The molecule has 0 radical (unpaired) electrons. The number of nitrogens with one attached hydrogen (secondary N) is 1. The normalized spacial score (nSPS) is 11.2. The maximum absolute atomic E-state index is 13.4. The summed E-state index contributed by atoms with van der Waals surface area (Å²) in [4.78, 5) is 26.0. The van der Waals surface area contributed by atoms with Gasteiger partial charge in [0, 0.05) is 33.0 Å². The van der Waals surface area contributed by atoms with Crippen molar-refractivity contribution in [2.45, 2.75) is 20.8 Å². The Hall–Kier alpha value is -4.19. The van der Waals surface area contributed by atoms with E-state index in [2.05, 4.69) is 5.32 Å². The monoisotopic (exact) mass is 547 g/mol. The van der Waals surface area contributed by atoms with E-state index in [0.29, 0.717) is 21.7 Å². The van der Waals surface area contributed by atoms with Gasteiger partial charge in [-0.3, -0.25) is 4.79 Å². The first-order chi connectivity index (χ1) is 18.2. The van der Waals surface area contributed by atoms with Gasteiger partial charge in [0.2, 0.25) is 0 Å². The maximum Gasteiger partial charge on any atom is 0.341 e. The number of esters is 1. The summed E-state index contributed by atoms with van der Waals surface area (Å²) in [6.07, 6.45) is 1.52. The number of nitriles is 1. The number of rotatable bonds is 7. The number of hydrogen-bond acceptors (Lipinski definition) is 5. The van der Waals surface area contributed by atoms with E-state index in [1.165, 1.54) is 18.2 Å². The summed E-state index contributed by atoms with van der Waals surface area (Å²) in [5, 5.41) is 15.0. The molecular formula is C29H23ClFN3O3S. The van der Waals surface area contributed by atoms with Crippen molar-refractivity contribution in [3.8, 4) is 22.9 Å². The van der Waals surface area contributed by atoms with Gasteiger partial charge in [-0.25, -0.2) is 9.18 Å². The van der Waals surface area contributed by atoms with Crippen LogP contribution in [0.15, 0.2) is 65.6 Å². The molecule has 0 spiro atoms. The molecule has 0 aliphatic carbocycles. The number of nitrogens with zero attached hydrogens (tertiary/aromatic N) is 2. The Morgan fingerprint density at radius 2 is 1.84 bits per heavy atom. The van der Waals surface area contributed by atoms with E-state index in [-0.39, 0.29) is 22.7 Å². The third kappa shape index (κ3) is 5.54. The van der Waals surface area contributed by atoms with Crippen molar-refractivity contribution < 1.29 is 18.7 Å². The summed E-state index contributed by atoms with van der Waals surface area (Å²) in [5.74, 6) is -1.70. The van der Waals surface area contributed by atoms with Gasteiger partial charge in [-0.15, -0.1) is 11.3 Å². The average Bonchev–Trinajstić information content (AvgIpc) is 3.43. The smallest absolute Gasteiger partial charge is 0.341 e. The Balaban J connectivity index is 1.67. The van der Waals surface area contributed by atoms with Gasteiger partial charge >= 0.3 is 5.97 Å². The second kappa shape index (κ2) is 11.5. The summed E-state index contributed by atoms with van der Waals surface area (Å²) in [5.41, 5.74) is 4.47. The van der Waals surface area contributed by atoms with E-state index >= 15 is 0 Å². The zero-order valence-electron chi connectivity index (χ0n) is 20.8. The van der Waals surface area contributed by atoms with Crippen LogP contribution in [-0.4, -0.2) is 23.1 Å². The molecule has 1 amide bonds. The second-order valence-corrected chi connectivity index (χ2v) is 9.66. The zero-order valence-corrected chi connectivity index (χ0v) is 22.4. The molecule has 2 aromatic carbocycles.